The minimum Gasteiger partial charge on any atom is -0.274 e. The van der Waals surface area contributed by atoms with E-state index in [1.54, 1.807) is 11.8 Å². The van der Waals surface area contributed by atoms with E-state index in [-0.39, 0.29) is 5.91 Å². The maximum atomic E-state index is 12.6. The van der Waals surface area contributed by atoms with Crippen molar-refractivity contribution >= 4 is 23.1 Å². The van der Waals surface area contributed by atoms with E-state index in [1.165, 1.54) is 5.56 Å². The summed E-state index contributed by atoms with van der Waals surface area (Å²) in [6.45, 7) is 7.69. The first kappa shape index (κ1) is 18.6. The largest absolute Gasteiger partial charge is 0.274 e. The van der Waals surface area contributed by atoms with Crippen LogP contribution in [0.25, 0.3) is 0 Å². The van der Waals surface area contributed by atoms with Crippen molar-refractivity contribution < 1.29 is 4.79 Å². The van der Waals surface area contributed by atoms with Gasteiger partial charge in [0.05, 0.1) is 11.4 Å². The van der Waals surface area contributed by atoms with Crippen molar-refractivity contribution in [2.24, 2.45) is 4.99 Å². The van der Waals surface area contributed by atoms with Gasteiger partial charge in [0.1, 0.15) is 5.84 Å². The number of anilines is 1. The summed E-state index contributed by atoms with van der Waals surface area (Å²) in [5, 5.41) is 0. The molecule has 3 rings (SSSR count). The summed E-state index contributed by atoms with van der Waals surface area (Å²) in [6, 6.07) is 24.0. The van der Waals surface area contributed by atoms with Crippen molar-refractivity contribution in [2.45, 2.75) is 27.7 Å². The summed E-state index contributed by atoms with van der Waals surface area (Å²) in [7, 11) is 0. The van der Waals surface area contributed by atoms with Gasteiger partial charge in [0.15, 0.2) is 0 Å². The van der Waals surface area contributed by atoms with Crippen LogP contribution in [0.15, 0.2) is 77.8 Å². The zero-order valence-corrected chi connectivity index (χ0v) is 16.2. The van der Waals surface area contributed by atoms with Crippen LogP contribution in [0.4, 0.5) is 11.4 Å². The average Bonchev–Trinajstić information content (AvgIpc) is 2.65. The molecule has 0 saturated carbocycles. The highest BCUT2D eigenvalue weighted by atomic mass is 16.2. The van der Waals surface area contributed by atoms with E-state index >= 15 is 0 Å². The molecule has 0 aliphatic rings. The van der Waals surface area contributed by atoms with Gasteiger partial charge in [0.2, 0.25) is 5.91 Å². The predicted octanol–water partition coefficient (Wildman–Crippen LogP) is 5.74. The number of hydrogen-bond acceptors (Lipinski definition) is 2. The van der Waals surface area contributed by atoms with Gasteiger partial charge in [0, 0.05) is 12.5 Å². The molecule has 0 aromatic heterocycles. The third kappa shape index (κ3) is 4.50. The lowest BCUT2D eigenvalue weighted by Crippen LogP contribution is -2.35. The molecule has 27 heavy (non-hydrogen) atoms. The van der Waals surface area contributed by atoms with Gasteiger partial charge in [-0.2, -0.15) is 0 Å². The number of aryl methyl sites for hydroxylation is 3. The number of carbonyl (C=O) groups excluding carboxylic acids is 1. The van der Waals surface area contributed by atoms with Crippen LogP contribution in [-0.2, 0) is 4.79 Å². The number of rotatable bonds is 3. The van der Waals surface area contributed by atoms with Crippen molar-refractivity contribution in [3.63, 3.8) is 0 Å². The van der Waals surface area contributed by atoms with Crippen LogP contribution < -0.4 is 4.90 Å². The Balaban J connectivity index is 2.16. The first-order valence-corrected chi connectivity index (χ1v) is 9.04. The van der Waals surface area contributed by atoms with E-state index < -0.39 is 0 Å². The molecule has 0 saturated heterocycles. The number of aliphatic imine (C=N–C) groups is 1. The number of benzene rings is 3. The molecule has 0 fully saturated rings. The van der Waals surface area contributed by atoms with Crippen molar-refractivity contribution in [2.75, 3.05) is 4.90 Å². The summed E-state index contributed by atoms with van der Waals surface area (Å²) < 4.78 is 0. The minimum absolute atomic E-state index is 0.0784. The Bertz CT molecular complexity index is 953. The quantitative estimate of drug-likeness (QED) is 0.435. The van der Waals surface area contributed by atoms with Gasteiger partial charge in [-0.3, -0.25) is 9.69 Å². The highest BCUT2D eigenvalue weighted by Crippen LogP contribution is 2.23. The second kappa shape index (κ2) is 8.00. The van der Waals surface area contributed by atoms with Gasteiger partial charge in [-0.1, -0.05) is 65.2 Å². The maximum Gasteiger partial charge on any atom is 0.229 e. The molecular weight excluding hydrogens is 332 g/mol. The van der Waals surface area contributed by atoms with Crippen LogP contribution in [-0.4, -0.2) is 11.7 Å². The van der Waals surface area contributed by atoms with Gasteiger partial charge in [0.25, 0.3) is 0 Å². The Morgan fingerprint density at radius 3 is 1.63 bits per heavy atom. The molecule has 3 aromatic carbocycles. The lowest BCUT2D eigenvalue weighted by molar-refractivity contribution is -0.115. The molecule has 0 N–H and O–H groups in total. The fraction of sp³-hybridized carbons (Fsp3) is 0.167. The third-order valence-corrected chi connectivity index (χ3v) is 4.40. The van der Waals surface area contributed by atoms with Gasteiger partial charge in [-0.15, -0.1) is 0 Å². The van der Waals surface area contributed by atoms with Crippen LogP contribution in [0.3, 0.4) is 0 Å². The molecule has 0 unspecified atom stereocenters. The van der Waals surface area contributed by atoms with Gasteiger partial charge in [-0.25, -0.2) is 4.99 Å². The van der Waals surface area contributed by atoms with Crippen molar-refractivity contribution in [1.82, 2.24) is 0 Å². The molecule has 3 nitrogen and oxygen atoms in total. The normalized spacial score (nSPS) is 11.3. The number of amidine groups is 1. The van der Waals surface area contributed by atoms with Crippen molar-refractivity contribution in [1.29, 1.82) is 0 Å². The molecule has 0 aliphatic carbocycles. The summed E-state index contributed by atoms with van der Waals surface area (Å²) >= 11 is 0. The Hall–Kier alpha value is -3.20. The monoisotopic (exact) mass is 356 g/mol. The van der Waals surface area contributed by atoms with Crippen molar-refractivity contribution in [3.8, 4) is 0 Å². The third-order valence-electron chi connectivity index (χ3n) is 4.40. The van der Waals surface area contributed by atoms with E-state index in [2.05, 4.69) is 0 Å². The van der Waals surface area contributed by atoms with Gasteiger partial charge < -0.3 is 0 Å². The van der Waals surface area contributed by atoms with E-state index in [0.29, 0.717) is 5.84 Å². The Morgan fingerprint density at radius 1 is 0.704 bits per heavy atom. The molecule has 3 aromatic rings. The summed E-state index contributed by atoms with van der Waals surface area (Å²) in [5.41, 5.74) is 6.01. The Kier molecular flexibility index (Phi) is 5.51. The molecule has 0 bridgehead atoms. The Morgan fingerprint density at radius 2 is 1.15 bits per heavy atom. The fourth-order valence-electron chi connectivity index (χ4n) is 2.83. The van der Waals surface area contributed by atoms with Crippen LogP contribution in [0.2, 0.25) is 0 Å². The molecule has 3 heteroatoms. The van der Waals surface area contributed by atoms with Crippen molar-refractivity contribution in [3.05, 3.63) is 95.1 Å². The molecule has 0 aliphatic heterocycles. The SMILES string of the molecule is CC(=O)N(C(=Nc1ccc(C)cc1)c1ccc(C)cc1)c1ccc(C)cc1. The zero-order valence-electron chi connectivity index (χ0n) is 16.2. The van der Waals surface area contributed by atoms with E-state index in [0.717, 1.165) is 28.1 Å². The second-order valence-corrected chi connectivity index (χ2v) is 6.83. The lowest BCUT2D eigenvalue weighted by atomic mass is 10.1. The second-order valence-electron chi connectivity index (χ2n) is 6.83. The van der Waals surface area contributed by atoms with Gasteiger partial charge in [-0.05, 0) is 45.0 Å². The van der Waals surface area contributed by atoms with Crippen LogP contribution in [0.1, 0.15) is 29.2 Å². The average molecular weight is 356 g/mol. The number of hydrogen-bond donors (Lipinski definition) is 0. The minimum atomic E-state index is -0.0784. The first-order valence-electron chi connectivity index (χ1n) is 9.04. The maximum absolute atomic E-state index is 12.6. The molecule has 1 amide bonds. The number of amides is 1. The van der Waals surface area contributed by atoms with E-state index in [9.17, 15) is 4.79 Å². The summed E-state index contributed by atoms with van der Waals surface area (Å²) in [4.78, 5) is 19.1. The molecule has 136 valence electrons. The molecular formula is C24H24N2O. The smallest absolute Gasteiger partial charge is 0.229 e. The molecule has 0 heterocycles. The van der Waals surface area contributed by atoms with Crippen LogP contribution in [0, 0.1) is 20.8 Å². The van der Waals surface area contributed by atoms with E-state index in [1.807, 2.05) is 93.6 Å². The number of carbonyl (C=O) groups is 1. The molecule has 0 spiro atoms. The molecule has 0 radical (unpaired) electrons. The highest BCUT2D eigenvalue weighted by Gasteiger charge is 2.20. The van der Waals surface area contributed by atoms with E-state index in [4.69, 9.17) is 4.99 Å². The number of nitrogens with zero attached hydrogens (tertiary/aromatic N) is 2. The van der Waals surface area contributed by atoms with Gasteiger partial charge >= 0.3 is 0 Å². The zero-order chi connectivity index (χ0) is 19.4. The highest BCUT2D eigenvalue weighted by molar-refractivity contribution is 6.23. The van der Waals surface area contributed by atoms with Crippen LogP contribution in [0.5, 0.6) is 0 Å². The first-order chi connectivity index (χ1) is 12.9. The Labute approximate surface area is 161 Å². The van der Waals surface area contributed by atoms with Crippen LogP contribution >= 0.6 is 0 Å². The summed E-state index contributed by atoms with van der Waals surface area (Å²) in [6.07, 6.45) is 0. The molecule has 0 atom stereocenters. The fourth-order valence-corrected chi connectivity index (χ4v) is 2.83. The topological polar surface area (TPSA) is 32.7 Å². The predicted molar refractivity (Wildman–Crippen MR) is 113 cm³/mol. The standard InChI is InChI=1S/C24H24N2O/c1-17-5-11-21(12-6-17)24(25-22-13-7-18(2)8-14-22)26(20(4)27)23-15-9-19(3)10-16-23/h5-16H,1-4H3. The lowest BCUT2D eigenvalue weighted by Gasteiger charge is -2.24. The summed E-state index contributed by atoms with van der Waals surface area (Å²) in [5.74, 6) is 0.542.